The SMILES string of the molecule is O=C(NCCCn1ccnc1)c1cc(-c2ccsc2)on1. The second-order valence-corrected chi connectivity index (χ2v) is 5.28. The van der Waals surface area contributed by atoms with Crippen molar-refractivity contribution in [2.75, 3.05) is 6.54 Å². The number of amides is 1. The molecular formula is C14H14N4O2S. The van der Waals surface area contributed by atoms with Crippen molar-refractivity contribution in [2.45, 2.75) is 13.0 Å². The molecule has 0 aliphatic carbocycles. The molecule has 0 saturated heterocycles. The van der Waals surface area contributed by atoms with E-state index in [1.165, 1.54) is 0 Å². The highest BCUT2D eigenvalue weighted by Gasteiger charge is 2.13. The average molecular weight is 302 g/mol. The molecule has 21 heavy (non-hydrogen) atoms. The molecule has 0 aliphatic rings. The lowest BCUT2D eigenvalue weighted by Crippen LogP contribution is -2.25. The number of rotatable bonds is 6. The number of carbonyl (C=O) groups is 1. The molecule has 0 aromatic carbocycles. The number of carbonyl (C=O) groups excluding carboxylic acids is 1. The van der Waals surface area contributed by atoms with Gasteiger partial charge < -0.3 is 14.4 Å². The van der Waals surface area contributed by atoms with Crippen LogP contribution < -0.4 is 5.32 Å². The van der Waals surface area contributed by atoms with Gasteiger partial charge in [-0.25, -0.2) is 4.98 Å². The van der Waals surface area contributed by atoms with Gasteiger partial charge in [-0.2, -0.15) is 11.3 Å². The highest BCUT2D eigenvalue weighted by molar-refractivity contribution is 7.08. The van der Waals surface area contributed by atoms with Gasteiger partial charge in [0.05, 0.1) is 6.33 Å². The van der Waals surface area contributed by atoms with Crippen molar-refractivity contribution in [1.29, 1.82) is 0 Å². The minimum absolute atomic E-state index is 0.217. The minimum Gasteiger partial charge on any atom is -0.355 e. The molecule has 0 aliphatic heterocycles. The quantitative estimate of drug-likeness (QED) is 0.710. The summed E-state index contributed by atoms with van der Waals surface area (Å²) in [4.78, 5) is 15.9. The number of hydrogen-bond donors (Lipinski definition) is 1. The van der Waals surface area contributed by atoms with Crippen LogP contribution in [-0.4, -0.2) is 27.2 Å². The van der Waals surface area contributed by atoms with E-state index in [1.54, 1.807) is 29.9 Å². The molecule has 0 fully saturated rings. The Bertz CT molecular complexity index is 688. The maximum Gasteiger partial charge on any atom is 0.273 e. The summed E-state index contributed by atoms with van der Waals surface area (Å²) in [5, 5.41) is 10.5. The van der Waals surface area contributed by atoms with Crippen LogP contribution in [0.5, 0.6) is 0 Å². The molecule has 1 N–H and O–H groups in total. The zero-order valence-electron chi connectivity index (χ0n) is 11.2. The number of nitrogens with zero attached hydrogens (tertiary/aromatic N) is 3. The second kappa shape index (κ2) is 6.36. The van der Waals surface area contributed by atoms with Gasteiger partial charge in [0.2, 0.25) is 0 Å². The highest BCUT2D eigenvalue weighted by atomic mass is 32.1. The van der Waals surface area contributed by atoms with Crippen LogP contribution >= 0.6 is 11.3 Å². The van der Waals surface area contributed by atoms with E-state index in [9.17, 15) is 4.79 Å². The van der Waals surface area contributed by atoms with Crippen molar-refractivity contribution in [1.82, 2.24) is 20.0 Å². The van der Waals surface area contributed by atoms with E-state index in [1.807, 2.05) is 27.6 Å². The molecule has 0 unspecified atom stereocenters. The van der Waals surface area contributed by atoms with Crippen LogP contribution in [0.1, 0.15) is 16.9 Å². The van der Waals surface area contributed by atoms with Gasteiger partial charge in [0.15, 0.2) is 11.5 Å². The number of thiophene rings is 1. The van der Waals surface area contributed by atoms with E-state index in [-0.39, 0.29) is 5.91 Å². The van der Waals surface area contributed by atoms with E-state index >= 15 is 0 Å². The van der Waals surface area contributed by atoms with E-state index in [0.717, 1.165) is 18.5 Å². The van der Waals surface area contributed by atoms with Crippen LogP contribution in [0.15, 0.2) is 46.1 Å². The maximum atomic E-state index is 11.9. The Morgan fingerprint density at radius 1 is 1.48 bits per heavy atom. The van der Waals surface area contributed by atoms with Gasteiger partial charge in [-0.05, 0) is 17.9 Å². The average Bonchev–Trinajstić information content (AvgIpc) is 3.25. The predicted molar refractivity (Wildman–Crippen MR) is 79.0 cm³/mol. The fourth-order valence-electron chi connectivity index (χ4n) is 1.90. The molecule has 0 radical (unpaired) electrons. The summed E-state index contributed by atoms with van der Waals surface area (Å²) in [6.45, 7) is 1.40. The van der Waals surface area contributed by atoms with Gasteiger partial charge in [0.1, 0.15) is 0 Å². The fraction of sp³-hybridized carbons (Fsp3) is 0.214. The maximum absolute atomic E-state index is 11.9. The summed E-state index contributed by atoms with van der Waals surface area (Å²) < 4.78 is 7.15. The molecule has 3 aromatic rings. The summed E-state index contributed by atoms with van der Waals surface area (Å²) in [6.07, 6.45) is 6.22. The Balaban J connectivity index is 1.49. The Morgan fingerprint density at radius 2 is 2.43 bits per heavy atom. The largest absolute Gasteiger partial charge is 0.355 e. The van der Waals surface area contributed by atoms with Crippen LogP contribution in [0.25, 0.3) is 11.3 Å². The highest BCUT2D eigenvalue weighted by Crippen LogP contribution is 2.22. The fourth-order valence-corrected chi connectivity index (χ4v) is 2.54. The molecule has 3 rings (SSSR count). The van der Waals surface area contributed by atoms with Crippen molar-refractivity contribution in [2.24, 2.45) is 0 Å². The van der Waals surface area contributed by atoms with Crippen LogP contribution in [-0.2, 0) is 6.54 Å². The normalized spacial score (nSPS) is 10.7. The lowest BCUT2D eigenvalue weighted by Gasteiger charge is -2.03. The van der Waals surface area contributed by atoms with E-state index in [2.05, 4.69) is 15.5 Å². The standard InChI is InChI=1S/C14H14N4O2S/c19-14(16-3-1-5-18-6-4-15-10-18)12-8-13(20-17-12)11-2-7-21-9-11/h2,4,6-10H,1,3,5H2,(H,16,19). The van der Waals surface area contributed by atoms with Gasteiger partial charge in [-0.1, -0.05) is 5.16 Å². The molecular weight excluding hydrogens is 288 g/mol. The van der Waals surface area contributed by atoms with Crippen molar-refractivity contribution in [3.63, 3.8) is 0 Å². The van der Waals surface area contributed by atoms with Crippen LogP contribution in [0.4, 0.5) is 0 Å². The zero-order chi connectivity index (χ0) is 14.5. The minimum atomic E-state index is -0.217. The van der Waals surface area contributed by atoms with E-state index < -0.39 is 0 Å². The molecule has 0 spiro atoms. The lowest BCUT2D eigenvalue weighted by molar-refractivity contribution is 0.0944. The van der Waals surface area contributed by atoms with E-state index in [0.29, 0.717) is 18.0 Å². The summed E-state index contributed by atoms with van der Waals surface area (Å²) >= 11 is 1.57. The second-order valence-electron chi connectivity index (χ2n) is 4.50. The number of aryl methyl sites for hydroxylation is 1. The first-order valence-electron chi connectivity index (χ1n) is 6.56. The first-order chi connectivity index (χ1) is 10.3. The first-order valence-corrected chi connectivity index (χ1v) is 7.50. The monoisotopic (exact) mass is 302 g/mol. The molecule has 1 amide bonds. The third kappa shape index (κ3) is 3.38. The van der Waals surface area contributed by atoms with Gasteiger partial charge in [-0.15, -0.1) is 0 Å². The lowest BCUT2D eigenvalue weighted by atomic mass is 10.2. The Kier molecular flexibility index (Phi) is 4.11. The third-order valence-corrected chi connectivity index (χ3v) is 3.67. The number of hydrogen-bond acceptors (Lipinski definition) is 5. The van der Waals surface area contributed by atoms with Crippen LogP contribution in [0.3, 0.4) is 0 Å². The first kappa shape index (κ1) is 13.6. The molecule has 0 saturated carbocycles. The number of aromatic nitrogens is 3. The molecule has 0 atom stereocenters. The Hall–Kier alpha value is -2.41. The Labute approximate surface area is 125 Å². The van der Waals surface area contributed by atoms with Crippen molar-refractivity contribution in [3.8, 4) is 11.3 Å². The zero-order valence-corrected chi connectivity index (χ0v) is 12.0. The van der Waals surface area contributed by atoms with Crippen LogP contribution in [0.2, 0.25) is 0 Å². The van der Waals surface area contributed by atoms with Crippen molar-refractivity contribution >= 4 is 17.2 Å². The van der Waals surface area contributed by atoms with Gasteiger partial charge in [-0.3, -0.25) is 4.79 Å². The number of imidazole rings is 1. The van der Waals surface area contributed by atoms with Crippen molar-refractivity contribution < 1.29 is 9.32 Å². The molecule has 3 heterocycles. The number of nitrogens with one attached hydrogen (secondary N) is 1. The van der Waals surface area contributed by atoms with Gasteiger partial charge in [0, 0.05) is 42.5 Å². The molecule has 7 heteroatoms. The summed E-state index contributed by atoms with van der Waals surface area (Å²) in [5.41, 5.74) is 1.24. The summed E-state index contributed by atoms with van der Waals surface area (Å²) in [7, 11) is 0. The van der Waals surface area contributed by atoms with Gasteiger partial charge in [0.25, 0.3) is 5.91 Å². The summed E-state index contributed by atoms with van der Waals surface area (Å²) in [6, 6.07) is 3.59. The topological polar surface area (TPSA) is 73.0 Å². The molecule has 3 aromatic heterocycles. The van der Waals surface area contributed by atoms with Crippen molar-refractivity contribution in [3.05, 3.63) is 47.3 Å². The molecule has 108 valence electrons. The molecule has 6 nitrogen and oxygen atoms in total. The van der Waals surface area contributed by atoms with Crippen LogP contribution in [0, 0.1) is 0 Å². The summed E-state index contributed by atoms with van der Waals surface area (Å²) in [5.74, 6) is 0.394. The van der Waals surface area contributed by atoms with E-state index in [4.69, 9.17) is 4.52 Å². The van der Waals surface area contributed by atoms with Gasteiger partial charge >= 0.3 is 0 Å². The Morgan fingerprint density at radius 3 is 3.19 bits per heavy atom. The molecule has 0 bridgehead atoms. The predicted octanol–water partition coefficient (Wildman–Crippen LogP) is 2.42. The third-order valence-electron chi connectivity index (χ3n) is 2.99. The smallest absolute Gasteiger partial charge is 0.273 e.